The van der Waals surface area contributed by atoms with Crippen LogP contribution in [0.3, 0.4) is 0 Å². The third kappa shape index (κ3) is 2.79. The van der Waals surface area contributed by atoms with E-state index in [9.17, 15) is 74.6 Å². The third-order valence-electron chi connectivity index (χ3n) is 2.96. The lowest BCUT2D eigenvalue weighted by Gasteiger charge is -2.34. The molecule has 162 valence electrons. The summed E-state index contributed by atoms with van der Waals surface area (Å²) in [5, 5.41) is -3.14. The Morgan fingerprint density at radius 1 is 0.519 bits per heavy atom. The lowest BCUT2D eigenvalue weighted by molar-refractivity contribution is -0.423. The maximum Gasteiger partial charge on any atom is 0.460 e. The fraction of sp³-hybridized carbons (Fsp3) is 1.00. The van der Waals surface area contributed by atoms with Gasteiger partial charge in [0.2, 0.25) is 0 Å². The Hall–Kier alpha value is -1.27. The van der Waals surface area contributed by atoms with Crippen molar-refractivity contribution in [1.82, 2.24) is 5.06 Å². The van der Waals surface area contributed by atoms with Gasteiger partial charge in [0.25, 0.3) is 0 Å². The van der Waals surface area contributed by atoms with Crippen molar-refractivity contribution < 1.29 is 79.5 Å². The van der Waals surface area contributed by atoms with E-state index < -0.39 is 53.1 Å². The lowest BCUT2D eigenvalue weighted by Crippen LogP contribution is -2.66. The number of hydrogen-bond acceptors (Lipinski definition) is 2. The van der Waals surface area contributed by atoms with Gasteiger partial charge in [-0.1, -0.05) is 0 Å². The molecule has 1 heterocycles. The van der Waals surface area contributed by atoms with Gasteiger partial charge < -0.3 is 0 Å². The first-order chi connectivity index (χ1) is 11.3. The number of nitrogens with zero attached hydrogens (tertiary/aromatic N) is 1. The first-order valence-corrected chi connectivity index (χ1v) is 5.55. The summed E-state index contributed by atoms with van der Waals surface area (Å²) in [7, 11) is 0. The van der Waals surface area contributed by atoms with Gasteiger partial charge in [0, 0.05) is 0 Å². The number of halogens is 17. The summed E-state index contributed by atoms with van der Waals surface area (Å²) < 4.78 is 212. The van der Waals surface area contributed by atoms with Gasteiger partial charge in [-0.2, -0.15) is 74.6 Å². The van der Waals surface area contributed by atoms with E-state index in [2.05, 4.69) is 4.84 Å². The summed E-state index contributed by atoms with van der Waals surface area (Å²) in [5.74, 6) is -37.2. The Bertz CT molecular complexity index is 589. The van der Waals surface area contributed by atoms with Gasteiger partial charge in [0.15, 0.2) is 0 Å². The molecule has 2 atom stereocenters. The molecule has 0 aromatic carbocycles. The van der Waals surface area contributed by atoms with Crippen LogP contribution >= 0.6 is 0 Å². The predicted molar refractivity (Wildman–Crippen MR) is 43.6 cm³/mol. The molecule has 0 aromatic heterocycles. The van der Waals surface area contributed by atoms with Crippen LogP contribution in [-0.4, -0.2) is 53.1 Å². The standard InChI is InChI=1S/C8F17NO/c9-1(10,5(17,18)19)3(13,14)7(23,24)26-8(25,27-26)4(15,16)2(11,12)6(20,21)22/t8-,26?/m0/s1. The first-order valence-electron chi connectivity index (χ1n) is 5.55. The van der Waals surface area contributed by atoms with E-state index in [-0.39, 0.29) is 0 Å². The molecule has 1 fully saturated rings. The normalized spacial score (nSPS) is 26.3. The van der Waals surface area contributed by atoms with Crippen molar-refractivity contribution in [1.29, 1.82) is 0 Å². The quantitative estimate of drug-likeness (QED) is 0.329. The maximum atomic E-state index is 13.3. The summed E-state index contributed by atoms with van der Waals surface area (Å²) in [6.45, 7) is 0. The third-order valence-corrected chi connectivity index (χ3v) is 2.96. The van der Waals surface area contributed by atoms with E-state index in [0.717, 1.165) is 0 Å². The van der Waals surface area contributed by atoms with Gasteiger partial charge in [-0.05, 0) is 5.06 Å². The van der Waals surface area contributed by atoms with E-state index >= 15 is 0 Å². The van der Waals surface area contributed by atoms with Crippen molar-refractivity contribution in [2.24, 2.45) is 0 Å². The van der Waals surface area contributed by atoms with Crippen molar-refractivity contribution in [3.8, 4) is 0 Å². The molecular weight excluding hydrogens is 449 g/mol. The Balaban J connectivity index is 3.39. The Labute approximate surface area is 134 Å². The zero-order valence-electron chi connectivity index (χ0n) is 11.3. The molecule has 0 N–H and O–H groups in total. The van der Waals surface area contributed by atoms with Gasteiger partial charge in [-0.3, -0.25) is 0 Å². The van der Waals surface area contributed by atoms with E-state index in [1.54, 1.807) is 0 Å². The molecule has 0 amide bonds. The zero-order valence-corrected chi connectivity index (χ0v) is 11.3. The van der Waals surface area contributed by atoms with Crippen LogP contribution in [0.4, 0.5) is 74.6 Å². The van der Waals surface area contributed by atoms with Gasteiger partial charge in [-0.25, -0.2) is 4.84 Å². The molecule has 19 heteroatoms. The van der Waals surface area contributed by atoms with Crippen LogP contribution in [0.25, 0.3) is 0 Å². The average Bonchev–Trinajstić information content (AvgIpc) is 3.10. The average molecular weight is 449 g/mol. The maximum absolute atomic E-state index is 13.3. The number of rotatable bonds is 5. The summed E-state index contributed by atoms with van der Waals surface area (Å²) in [6.07, 6.45) is -14.9. The van der Waals surface area contributed by atoms with Crippen LogP contribution in [0.15, 0.2) is 0 Å². The molecule has 0 spiro atoms. The Morgan fingerprint density at radius 3 is 1.15 bits per heavy atom. The SMILES string of the molecule is FC(F)(F)C(F)(F)C(F)(F)C(F)(F)N1O[C@]1(F)C(F)(F)C(F)(F)C(F)(F)F. The number of hydrogen-bond donors (Lipinski definition) is 0. The van der Waals surface area contributed by atoms with E-state index in [1.165, 1.54) is 0 Å². The van der Waals surface area contributed by atoms with E-state index in [1.807, 2.05) is 0 Å². The summed E-state index contributed by atoms with van der Waals surface area (Å²) in [6, 6.07) is -7.47. The molecule has 0 radical (unpaired) electrons. The van der Waals surface area contributed by atoms with Crippen LogP contribution in [0.2, 0.25) is 0 Å². The predicted octanol–water partition coefficient (Wildman–Crippen LogP) is 5.12. The van der Waals surface area contributed by atoms with Gasteiger partial charge in [-0.15, -0.1) is 0 Å². The van der Waals surface area contributed by atoms with Crippen LogP contribution in [0.1, 0.15) is 0 Å². The van der Waals surface area contributed by atoms with E-state index in [0.29, 0.717) is 0 Å². The molecule has 0 aliphatic carbocycles. The molecule has 0 aromatic rings. The van der Waals surface area contributed by atoms with Crippen molar-refractivity contribution in [3.05, 3.63) is 0 Å². The first kappa shape index (κ1) is 23.8. The monoisotopic (exact) mass is 449 g/mol. The number of hydroxylamine groups is 2. The molecule has 1 aliphatic heterocycles. The summed E-state index contributed by atoms with van der Waals surface area (Å²) in [4.78, 5) is 2.22. The second-order valence-electron chi connectivity index (χ2n) is 4.78. The largest absolute Gasteiger partial charge is 0.460 e. The minimum absolute atomic E-state index is 2.22. The molecular formula is C8F17NO. The molecule has 1 aliphatic rings. The van der Waals surface area contributed by atoms with Crippen LogP contribution in [0, 0.1) is 0 Å². The highest BCUT2D eigenvalue weighted by Gasteiger charge is 2.96. The molecule has 27 heavy (non-hydrogen) atoms. The minimum atomic E-state index is -7.85. The highest BCUT2D eigenvalue weighted by molar-refractivity contribution is 5.09. The Kier molecular flexibility index (Phi) is 4.76. The summed E-state index contributed by atoms with van der Waals surface area (Å²) >= 11 is 0. The molecule has 0 bridgehead atoms. The number of alkyl halides is 17. The molecule has 1 rings (SSSR count). The van der Waals surface area contributed by atoms with E-state index in [4.69, 9.17) is 0 Å². The second-order valence-corrected chi connectivity index (χ2v) is 4.78. The molecule has 1 unspecified atom stereocenters. The minimum Gasteiger partial charge on any atom is -0.225 e. The van der Waals surface area contributed by atoms with Gasteiger partial charge in [0.1, 0.15) is 0 Å². The van der Waals surface area contributed by atoms with Crippen molar-refractivity contribution in [3.63, 3.8) is 0 Å². The second kappa shape index (κ2) is 5.41. The fourth-order valence-corrected chi connectivity index (χ4v) is 1.39. The van der Waals surface area contributed by atoms with Gasteiger partial charge in [0.05, 0.1) is 0 Å². The van der Waals surface area contributed by atoms with Crippen LogP contribution < -0.4 is 0 Å². The summed E-state index contributed by atoms with van der Waals surface area (Å²) in [5.41, 5.74) is 0. The lowest BCUT2D eigenvalue weighted by atomic mass is 10.1. The Morgan fingerprint density at radius 2 is 0.852 bits per heavy atom. The topological polar surface area (TPSA) is 15.5 Å². The highest BCUT2D eigenvalue weighted by atomic mass is 19.4. The van der Waals surface area contributed by atoms with Crippen LogP contribution in [0.5, 0.6) is 0 Å². The van der Waals surface area contributed by atoms with Crippen LogP contribution in [-0.2, 0) is 4.84 Å². The molecule has 1 saturated heterocycles. The smallest absolute Gasteiger partial charge is 0.225 e. The van der Waals surface area contributed by atoms with Crippen molar-refractivity contribution in [2.45, 2.75) is 48.1 Å². The zero-order chi connectivity index (χ0) is 22.3. The highest BCUT2D eigenvalue weighted by Crippen LogP contribution is 2.65. The fourth-order valence-electron chi connectivity index (χ4n) is 1.39. The molecule has 0 saturated carbocycles. The van der Waals surface area contributed by atoms with Crippen molar-refractivity contribution >= 4 is 0 Å². The molecule has 2 nitrogen and oxygen atoms in total. The van der Waals surface area contributed by atoms with Crippen molar-refractivity contribution in [2.75, 3.05) is 0 Å². The van der Waals surface area contributed by atoms with Gasteiger partial charge >= 0.3 is 48.1 Å².